The van der Waals surface area contributed by atoms with Crippen LogP contribution in [-0.4, -0.2) is 48.3 Å². The zero-order valence-corrected chi connectivity index (χ0v) is 17.5. The summed E-state index contributed by atoms with van der Waals surface area (Å²) < 4.78 is 12.4. The van der Waals surface area contributed by atoms with Crippen molar-refractivity contribution in [2.24, 2.45) is 5.92 Å². The van der Waals surface area contributed by atoms with Crippen molar-refractivity contribution in [2.75, 3.05) is 31.8 Å². The van der Waals surface area contributed by atoms with Crippen LogP contribution in [0, 0.1) is 5.92 Å². The Labute approximate surface area is 179 Å². The van der Waals surface area contributed by atoms with E-state index in [-0.39, 0.29) is 19.1 Å². The Balaban J connectivity index is 1.97. The fourth-order valence-electron chi connectivity index (χ4n) is 3.90. The number of hydrogen-bond donors (Lipinski definition) is 0. The standard InChI is InChI=1S/C22H22ClN3O4/c1-3-30-21(28)18-19(14-8-10-15(23)11-9-14)26-17-7-5-4-6-16(17)24-22(26)25(20(18)27)12-13-29-2/h4-11,18-19H,3,12-13H2,1-2H3/t18-,19-/m1/s1. The van der Waals surface area contributed by atoms with Crippen LogP contribution in [0.4, 0.5) is 5.95 Å². The van der Waals surface area contributed by atoms with Crippen molar-refractivity contribution in [3.8, 4) is 0 Å². The average Bonchev–Trinajstić information content (AvgIpc) is 3.12. The number of para-hydroxylation sites is 2. The van der Waals surface area contributed by atoms with Crippen LogP contribution in [0.25, 0.3) is 11.0 Å². The number of halogens is 1. The third kappa shape index (κ3) is 3.44. The molecule has 2 heterocycles. The lowest BCUT2D eigenvalue weighted by molar-refractivity contribution is -0.153. The number of imidazole rings is 1. The second kappa shape index (κ2) is 8.45. The molecule has 0 saturated carbocycles. The van der Waals surface area contributed by atoms with E-state index >= 15 is 0 Å². The van der Waals surface area contributed by atoms with Gasteiger partial charge in [0.25, 0.3) is 0 Å². The molecule has 0 unspecified atom stereocenters. The SMILES string of the molecule is CCOC(=O)[C@H]1C(=O)N(CCOC)c2nc3ccccc3n2[C@@H]1c1ccc(Cl)cc1. The van der Waals surface area contributed by atoms with Crippen LogP contribution in [0.1, 0.15) is 18.5 Å². The zero-order valence-electron chi connectivity index (χ0n) is 16.7. The van der Waals surface area contributed by atoms with Crippen molar-refractivity contribution < 1.29 is 19.1 Å². The summed E-state index contributed by atoms with van der Waals surface area (Å²) in [6, 6.07) is 14.2. The number of hydrogen-bond acceptors (Lipinski definition) is 5. The highest BCUT2D eigenvalue weighted by Gasteiger charge is 2.47. The maximum absolute atomic E-state index is 13.5. The van der Waals surface area contributed by atoms with Crippen LogP contribution in [0.5, 0.6) is 0 Å². The monoisotopic (exact) mass is 427 g/mol. The summed E-state index contributed by atoms with van der Waals surface area (Å²) in [7, 11) is 1.57. The largest absolute Gasteiger partial charge is 0.465 e. The predicted molar refractivity (Wildman–Crippen MR) is 114 cm³/mol. The van der Waals surface area contributed by atoms with Gasteiger partial charge in [0.1, 0.15) is 0 Å². The Morgan fingerprint density at radius 1 is 1.17 bits per heavy atom. The molecule has 0 fully saturated rings. The Bertz CT molecular complexity index is 1080. The number of fused-ring (bicyclic) bond motifs is 3. The summed E-state index contributed by atoms with van der Waals surface area (Å²) in [6.45, 7) is 2.51. The van der Waals surface area contributed by atoms with Crippen LogP contribution >= 0.6 is 11.6 Å². The number of rotatable bonds is 6. The number of nitrogens with zero attached hydrogens (tertiary/aromatic N) is 3. The van der Waals surface area contributed by atoms with Crippen LogP contribution in [0.2, 0.25) is 5.02 Å². The maximum Gasteiger partial charge on any atom is 0.321 e. The molecule has 0 spiro atoms. The van der Waals surface area contributed by atoms with Crippen molar-refractivity contribution in [3.05, 3.63) is 59.1 Å². The van der Waals surface area contributed by atoms with Gasteiger partial charge in [-0.05, 0) is 36.8 Å². The van der Waals surface area contributed by atoms with Gasteiger partial charge in [0.15, 0.2) is 5.92 Å². The number of amides is 1. The van der Waals surface area contributed by atoms with Gasteiger partial charge in [-0.15, -0.1) is 0 Å². The molecule has 30 heavy (non-hydrogen) atoms. The van der Waals surface area contributed by atoms with Gasteiger partial charge in [-0.25, -0.2) is 4.98 Å². The summed E-state index contributed by atoms with van der Waals surface area (Å²) >= 11 is 6.08. The molecule has 0 bridgehead atoms. The first-order valence-electron chi connectivity index (χ1n) is 9.76. The molecule has 7 nitrogen and oxygen atoms in total. The van der Waals surface area contributed by atoms with Crippen LogP contribution in [0.3, 0.4) is 0 Å². The molecule has 0 radical (unpaired) electrons. The van der Waals surface area contributed by atoms with Crippen molar-refractivity contribution in [1.82, 2.24) is 9.55 Å². The Morgan fingerprint density at radius 2 is 1.90 bits per heavy atom. The molecule has 1 aliphatic heterocycles. The highest BCUT2D eigenvalue weighted by molar-refractivity contribution is 6.30. The number of aromatic nitrogens is 2. The van der Waals surface area contributed by atoms with E-state index in [4.69, 9.17) is 26.1 Å². The first-order valence-corrected chi connectivity index (χ1v) is 10.1. The molecule has 0 aliphatic carbocycles. The van der Waals surface area contributed by atoms with E-state index in [0.717, 1.165) is 16.6 Å². The highest BCUT2D eigenvalue weighted by Crippen LogP contribution is 2.41. The Morgan fingerprint density at radius 3 is 2.60 bits per heavy atom. The van der Waals surface area contributed by atoms with Gasteiger partial charge in [-0.3, -0.25) is 14.5 Å². The van der Waals surface area contributed by atoms with Gasteiger partial charge in [-0.2, -0.15) is 0 Å². The molecular formula is C22H22ClN3O4. The number of anilines is 1. The summed E-state index contributed by atoms with van der Waals surface area (Å²) in [5.74, 6) is -1.48. The van der Waals surface area contributed by atoms with Crippen molar-refractivity contribution >= 4 is 40.5 Å². The second-order valence-corrected chi connectivity index (χ2v) is 7.42. The molecule has 2 atom stereocenters. The van der Waals surface area contributed by atoms with E-state index in [1.807, 2.05) is 41.0 Å². The Hall–Kier alpha value is -2.90. The molecule has 2 aromatic carbocycles. The first-order chi connectivity index (χ1) is 14.6. The quantitative estimate of drug-likeness (QED) is 0.445. The lowest BCUT2D eigenvalue weighted by Gasteiger charge is -2.37. The van der Waals surface area contributed by atoms with Crippen molar-refractivity contribution in [2.45, 2.75) is 13.0 Å². The summed E-state index contributed by atoms with van der Waals surface area (Å²) in [5, 5.41) is 0.575. The first kappa shape index (κ1) is 20.4. The summed E-state index contributed by atoms with van der Waals surface area (Å²) in [4.78, 5) is 32.7. The van der Waals surface area contributed by atoms with E-state index in [1.165, 1.54) is 4.90 Å². The lowest BCUT2D eigenvalue weighted by atomic mass is 9.89. The van der Waals surface area contributed by atoms with Gasteiger partial charge in [0, 0.05) is 12.1 Å². The van der Waals surface area contributed by atoms with Gasteiger partial charge >= 0.3 is 5.97 Å². The summed E-state index contributed by atoms with van der Waals surface area (Å²) in [6.07, 6.45) is 0. The van der Waals surface area contributed by atoms with Crippen LogP contribution in [0.15, 0.2) is 48.5 Å². The number of methoxy groups -OCH3 is 1. The van der Waals surface area contributed by atoms with Gasteiger partial charge in [-0.1, -0.05) is 35.9 Å². The minimum absolute atomic E-state index is 0.186. The predicted octanol–water partition coefficient (Wildman–Crippen LogP) is 3.45. The minimum atomic E-state index is -1.05. The van der Waals surface area contributed by atoms with Crippen molar-refractivity contribution in [1.29, 1.82) is 0 Å². The molecule has 1 aliphatic rings. The van der Waals surface area contributed by atoms with E-state index in [2.05, 4.69) is 0 Å². The fourth-order valence-corrected chi connectivity index (χ4v) is 4.03. The van der Waals surface area contributed by atoms with E-state index in [1.54, 1.807) is 26.2 Å². The normalized spacial score (nSPS) is 18.5. The fraction of sp³-hybridized carbons (Fsp3) is 0.318. The highest BCUT2D eigenvalue weighted by atomic mass is 35.5. The molecule has 1 aromatic heterocycles. The van der Waals surface area contributed by atoms with Gasteiger partial charge in [0.2, 0.25) is 11.9 Å². The minimum Gasteiger partial charge on any atom is -0.465 e. The topological polar surface area (TPSA) is 73.7 Å². The number of carbonyl (C=O) groups is 2. The molecule has 0 N–H and O–H groups in total. The van der Waals surface area contributed by atoms with Gasteiger partial charge < -0.3 is 14.0 Å². The molecule has 0 saturated heterocycles. The van der Waals surface area contributed by atoms with E-state index < -0.39 is 17.9 Å². The molecule has 4 rings (SSSR count). The lowest BCUT2D eigenvalue weighted by Crippen LogP contribution is -2.51. The number of carbonyl (C=O) groups excluding carboxylic acids is 2. The van der Waals surface area contributed by atoms with Crippen molar-refractivity contribution in [3.63, 3.8) is 0 Å². The van der Waals surface area contributed by atoms with E-state index in [9.17, 15) is 9.59 Å². The maximum atomic E-state index is 13.5. The number of benzene rings is 2. The molecule has 3 aromatic rings. The summed E-state index contributed by atoms with van der Waals surface area (Å²) in [5.41, 5.74) is 2.35. The zero-order chi connectivity index (χ0) is 21.3. The second-order valence-electron chi connectivity index (χ2n) is 6.98. The molecule has 8 heteroatoms. The molecule has 156 valence electrons. The van der Waals surface area contributed by atoms with E-state index in [0.29, 0.717) is 17.6 Å². The number of esters is 1. The number of ether oxygens (including phenoxy) is 2. The third-order valence-electron chi connectivity index (χ3n) is 5.22. The van der Waals surface area contributed by atoms with Crippen LogP contribution < -0.4 is 4.90 Å². The molecule has 1 amide bonds. The average molecular weight is 428 g/mol. The Kier molecular flexibility index (Phi) is 5.74. The van der Waals surface area contributed by atoms with Gasteiger partial charge in [0.05, 0.1) is 36.8 Å². The smallest absolute Gasteiger partial charge is 0.321 e. The third-order valence-corrected chi connectivity index (χ3v) is 5.47. The van der Waals surface area contributed by atoms with Crippen LogP contribution in [-0.2, 0) is 19.1 Å². The molecular weight excluding hydrogens is 406 g/mol.